The molecule has 1 amide bonds. The standard InChI is InChI=1S/C21H28N4O4S/c1-24-17-4-3-16(8-18(17)25(2)20(24)27)30(28,29)23-22-19(26)12-21-9-13-5-14(10-21)7-15(6-13)11-21/h3-4,8,13-15,23H,5-7,9-12H2,1-2H3,(H,22,26). The van der Waals surface area contributed by atoms with Crippen LogP contribution in [0.3, 0.4) is 0 Å². The maximum absolute atomic E-state index is 12.7. The predicted octanol–water partition coefficient (Wildman–Crippen LogP) is 1.79. The zero-order chi connectivity index (χ0) is 21.3. The van der Waals surface area contributed by atoms with Gasteiger partial charge < -0.3 is 0 Å². The summed E-state index contributed by atoms with van der Waals surface area (Å²) in [5.74, 6) is 1.95. The Kier molecular flexibility index (Phi) is 4.41. The molecule has 6 rings (SSSR count). The monoisotopic (exact) mass is 432 g/mol. The molecule has 9 heteroatoms. The van der Waals surface area contributed by atoms with E-state index in [1.807, 2.05) is 0 Å². The largest absolute Gasteiger partial charge is 0.328 e. The summed E-state index contributed by atoms with van der Waals surface area (Å²) in [5, 5.41) is 0. The van der Waals surface area contributed by atoms with Crippen LogP contribution in [0.1, 0.15) is 44.9 Å². The number of hydrogen-bond donors (Lipinski definition) is 2. The summed E-state index contributed by atoms with van der Waals surface area (Å²) in [6, 6.07) is 4.49. The van der Waals surface area contributed by atoms with E-state index in [1.165, 1.54) is 40.5 Å². The molecule has 0 radical (unpaired) electrons. The lowest BCUT2D eigenvalue weighted by atomic mass is 9.49. The second-order valence-electron chi connectivity index (χ2n) is 9.80. The van der Waals surface area contributed by atoms with Crippen LogP contribution in [0.25, 0.3) is 11.0 Å². The normalized spacial score (nSPS) is 30.1. The number of amides is 1. The SMILES string of the molecule is Cn1c(=O)n(C)c2cc(S(=O)(=O)NNC(=O)CC34CC5CC(CC(C5)C3)C4)ccc21. The van der Waals surface area contributed by atoms with E-state index < -0.39 is 10.0 Å². The Hall–Kier alpha value is -2.13. The first-order valence-electron chi connectivity index (χ1n) is 10.6. The van der Waals surface area contributed by atoms with Gasteiger partial charge in [0.05, 0.1) is 15.9 Å². The topological polar surface area (TPSA) is 102 Å². The zero-order valence-corrected chi connectivity index (χ0v) is 18.2. The van der Waals surface area contributed by atoms with Crippen molar-refractivity contribution in [2.24, 2.45) is 37.3 Å². The van der Waals surface area contributed by atoms with Crippen molar-refractivity contribution in [3.05, 3.63) is 28.7 Å². The van der Waals surface area contributed by atoms with Crippen LogP contribution in [0.4, 0.5) is 0 Å². The average molecular weight is 433 g/mol. The van der Waals surface area contributed by atoms with Gasteiger partial charge in [-0.3, -0.25) is 19.4 Å². The summed E-state index contributed by atoms with van der Waals surface area (Å²) in [6.45, 7) is 0. The summed E-state index contributed by atoms with van der Waals surface area (Å²) < 4.78 is 28.3. The Bertz CT molecular complexity index is 1160. The molecule has 4 aliphatic carbocycles. The van der Waals surface area contributed by atoms with E-state index in [4.69, 9.17) is 0 Å². The molecule has 1 aromatic heterocycles. The first-order valence-corrected chi connectivity index (χ1v) is 12.1. The van der Waals surface area contributed by atoms with E-state index in [1.54, 1.807) is 20.2 Å². The van der Waals surface area contributed by atoms with Crippen molar-refractivity contribution in [3.8, 4) is 0 Å². The fourth-order valence-electron chi connectivity index (χ4n) is 6.73. The smallest absolute Gasteiger partial charge is 0.295 e. The number of hydrazine groups is 1. The van der Waals surface area contributed by atoms with Crippen LogP contribution in [0.2, 0.25) is 0 Å². The van der Waals surface area contributed by atoms with Crippen LogP contribution in [0.5, 0.6) is 0 Å². The molecule has 4 fully saturated rings. The number of aryl methyl sites for hydroxylation is 2. The summed E-state index contributed by atoms with van der Waals surface area (Å²) >= 11 is 0. The molecule has 0 atom stereocenters. The van der Waals surface area contributed by atoms with Gasteiger partial charge in [0.1, 0.15) is 0 Å². The Labute approximate surface area is 175 Å². The van der Waals surface area contributed by atoms with Crippen molar-refractivity contribution in [2.75, 3.05) is 0 Å². The first-order chi connectivity index (χ1) is 14.2. The van der Waals surface area contributed by atoms with E-state index in [0.29, 0.717) is 17.5 Å². The lowest BCUT2D eigenvalue weighted by Crippen LogP contribution is -2.50. The van der Waals surface area contributed by atoms with Crippen LogP contribution >= 0.6 is 0 Å². The second kappa shape index (κ2) is 6.68. The van der Waals surface area contributed by atoms with Crippen LogP contribution in [-0.4, -0.2) is 23.5 Å². The maximum atomic E-state index is 12.7. The van der Waals surface area contributed by atoms with Crippen molar-refractivity contribution < 1.29 is 13.2 Å². The van der Waals surface area contributed by atoms with Gasteiger partial charge >= 0.3 is 5.69 Å². The second-order valence-corrected chi connectivity index (χ2v) is 11.5. The van der Waals surface area contributed by atoms with Crippen molar-refractivity contribution in [3.63, 3.8) is 0 Å². The molecule has 0 saturated heterocycles. The van der Waals surface area contributed by atoms with Crippen LogP contribution in [0.15, 0.2) is 27.9 Å². The number of rotatable bonds is 5. The molecule has 8 nitrogen and oxygen atoms in total. The number of nitrogens with one attached hydrogen (secondary N) is 2. The lowest BCUT2D eigenvalue weighted by Gasteiger charge is -2.56. The highest BCUT2D eigenvalue weighted by atomic mass is 32.2. The van der Waals surface area contributed by atoms with Gasteiger partial charge in [0.25, 0.3) is 10.0 Å². The van der Waals surface area contributed by atoms with E-state index in [-0.39, 0.29) is 21.9 Å². The minimum absolute atomic E-state index is 0.00584. The fourth-order valence-corrected chi connectivity index (χ4v) is 7.61. The molecule has 0 spiro atoms. The molecular weight excluding hydrogens is 404 g/mol. The van der Waals surface area contributed by atoms with E-state index >= 15 is 0 Å². The van der Waals surface area contributed by atoms with Crippen LogP contribution < -0.4 is 15.9 Å². The third-order valence-corrected chi connectivity index (χ3v) is 8.82. The van der Waals surface area contributed by atoms with Gasteiger partial charge in [0, 0.05) is 20.5 Å². The summed E-state index contributed by atoms with van der Waals surface area (Å²) in [4.78, 5) is 27.0. The van der Waals surface area contributed by atoms with E-state index in [2.05, 4.69) is 10.3 Å². The minimum Gasteiger partial charge on any atom is -0.295 e. The number of carbonyl (C=O) groups excluding carboxylic acids is 1. The van der Waals surface area contributed by atoms with Gasteiger partial charge in [-0.25, -0.2) is 13.2 Å². The molecule has 1 heterocycles. The van der Waals surface area contributed by atoms with Gasteiger partial charge in [0.15, 0.2) is 0 Å². The summed E-state index contributed by atoms with van der Waals surface area (Å²) in [7, 11) is -0.700. The van der Waals surface area contributed by atoms with Crippen molar-refractivity contribution >= 4 is 27.0 Å². The van der Waals surface area contributed by atoms with Gasteiger partial charge in [-0.1, -0.05) is 0 Å². The highest BCUT2D eigenvalue weighted by molar-refractivity contribution is 7.89. The number of hydrogen-bond acceptors (Lipinski definition) is 4. The molecule has 162 valence electrons. The number of aromatic nitrogens is 2. The van der Waals surface area contributed by atoms with Crippen LogP contribution in [0, 0.1) is 23.2 Å². The van der Waals surface area contributed by atoms with Gasteiger partial charge in [-0.2, -0.15) is 0 Å². The quantitative estimate of drug-likeness (QED) is 0.703. The Morgan fingerprint density at radius 1 is 1.03 bits per heavy atom. The Morgan fingerprint density at radius 3 is 2.20 bits per heavy atom. The maximum Gasteiger partial charge on any atom is 0.328 e. The highest BCUT2D eigenvalue weighted by Gasteiger charge is 2.51. The Balaban J connectivity index is 1.29. The highest BCUT2D eigenvalue weighted by Crippen LogP contribution is 2.61. The molecule has 2 aromatic rings. The molecule has 0 unspecified atom stereocenters. The number of fused-ring (bicyclic) bond motifs is 1. The third-order valence-electron chi connectivity index (χ3n) is 7.58. The number of imidazole rings is 1. The number of carbonyl (C=O) groups is 1. The van der Waals surface area contributed by atoms with Crippen LogP contribution in [-0.2, 0) is 28.9 Å². The van der Waals surface area contributed by atoms with Crippen molar-refractivity contribution in [1.29, 1.82) is 0 Å². The minimum atomic E-state index is -3.94. The molecule has 2 N–H and O–H groups in total. The van der Waals surface area contributed by atoms with Gasteiger partial charge in [-0.15, -0.1) is 4.83 Å². The molecule has 1 aromatic carbocycles. The summed E-state index contributed by atoms with van der Waals surface area (Å²) in [6.07, 6.45) is 7.58. The summed E-state index contributed by atoms with van der Waals surface area (Å²) in [5.41, 5.74) is 3.41. The molecule has 30 heavy (non-hydrogen) atoms. The average Bonchev–Trinajstić information content (AvgIpc) is 2.89. The van der Waals surface area contributed by atoms with E-state index in [9.17, 15) is 18.0 Å². The molecular formula is C21H28N4O4S. The molecule has 0 aliphatic heterocycles. The molecule has 4 bridgehead atoms. The van der Waals surface area contributed by atoms with Gasteiger partial charge in [0.2, 0.25) is 5.91 Å². The van der Waals surface area contributed by atoms with E-state index in [0.717, 1.165) is 37.0 Å². The number of sulfonamides is 1. The fraction of sp³-hybridized carbons (Fsp3) is 0.619. The third kappa shape index (κ3) is 3.19. The first kappa shape index (κ1) is 19.8. The van der Waals surface area contributed by atoms with Gasteiger partial charge in [-0.05, 0) is 79.9 Å². The molecule has 4 aliphatic rings. The Morgan fingerprint density at radius 2 is 1.60 bits per heavy atom. The predicted molar refractivity (Wildman–Crippen MR) is 112 cm³/mol. The van der Waals surface area contributed by atoms with Crippen molar-refractivity contribution in [1.82, 2.24) is 19.4 Å². The lowest BCUT2D eigenvalue weighted by molar-refractivity contribution is -0.129. The van der Waals surface area contributed by atoms with Crippen molar-refractivity contribution in [2.45, 2.75) is 49.8 Å². The number of benzene rings is 1. The molecule has 4 saturated carbocycles. The zero-order valence-electron chi connectivity index (χ0n) is 17.3. The number of nitrogens with zero attached hydrogens (tertiary/aromatic N) is 2.